The molecule has 0 bridgehead atoms. The summed E-state index contributed by atoms with van der Waals surface area (Å²) < 4.78 is 4.82. The summed E-state index contributed by atoms with van der Waals surface area (Å²) in [4.78, 5) is 38.2. The van der Waals surface area contributed by atoms with Gasteiger partial charge in [0.25, 0.3) is 0 Å². The number of aryl methyl sites for hydroxylation is 1. The number of hydrogen-bond acceptors (Lipinski definition) is 5. The number of anilines is 1. The van der Waals surface area contributed by atoms with E-state index in [1.165, 1.54) is 6.92 Å². The number of aromatic nitrogens is 1. The summed E-state index contributed by atoms with van der Waals surface area (Å²) in [6, 6.07) is 1.58. The fraction of sp³-hybridized carbons (Fsp3) is 0.538. The molecule has 0 aromatic carbocycles. The average molecular weight is 294 g/mol. The molecule has 1 fully saturated rings. The fourth-order valence-corrected chi connectivity index (χ4v) is 2.13. The van der Waals surface area contributed by atoms with Gasteiger partial charge in [-0.25, -0.2) is 0 Å². The molecule has 0 radical (unpaired) electrons. The topological polar surface area (TPSA) is 95.8 Å². The van der Waals surface area contributed by atoms with Crippen molar-refractivity contribution in [2.75, 3.05) is 31.5 Å². The first-order chi connectivity index (χ1) is 9.95. The second-order valence-electron chi connectivity index (χ2n) is 4.93. The standard InChI is InChI=1S/C13H18N4O4/c1-9-7-11(15-21-9)14-12(19)8-13(20)17-5-3-16(4-6-17)10(2)18/h7H,3-6,8H2,1-2H3,(H,14,15,19). The zero-order valence-corrected chi connectivity index (χ0v) is 12.1. The Balaban J connectivity index is 1.79. The first-order valence-electron chi connectivity index (χ1n) is 6.72. The van der Waals surface area contributed by atoms with Crippen LogP contribution in [0, 0.1) is 6.92 Å². The number of carbonyl (C=O) groups excluding carboxylic acids is 3. The Labute approximate surface area is 122 Å². The Morgan fingerprint density at radius 3 is 2.38 bits per heavy atom. The van der Waals surface area contributed by atoms with Gasteiger partial charge in [-0.15, -0.1) is 0 Å². The molecule has 21 heavy (non-hydrogen) atoms. The van der Waals surface area contributed by atoms with Crippen LogP contribution < -0.4 is 5.32 Å². The van der Waals surface area contributed by atoms with Crippen molar-refractivity contribution in [3.63, 3.8) is 0 Å². The normalized spacial score (nSPS) is 15.0. The monoisotopic (exact) mass is 294 g/mol. The minimum Gasteiger partial charge on any atom is -0.360 e. The summed E-state index contributed by atoms with van der Waals surface area (Å²) in [5.41, 5.74) is 0. The van der Waals surface area contributed by atoms with E-state index in [2.05, 4.69) is 10.5 Å². The first-order valence-corrected chi connectivity index (χ1v) is 6.72. The van der Waals surface area contributed by atoms with Crippen molar-refractivity contribution in [3.8, 4) is 0 Å². The van der Waals surface area contributed by atoms with E-state index in [1.807, 2.05) is 0 Å². The van der Waals surface area contributed by atoms with Gasteiger partial charge in [0.2, 0.25) is 17.7 Å². The maximum absolute atomic E-state index is 12.0. The highest BCUT2D eigenvalue weighted by Crippen LogP contribution is 2.09. The zero-order chi connectivity index (χ0) is 15.4. The maximum Gasteiger partial charge on any atom is 0.235 e. The third-order valence-corrected chi connectivity index (χ3v) is 3.28. The van der Waals surface area contributed by atoms with Crippen molar-refractivity contribution in [2.45, 2.75) is 20.3 Å². The average Bonchev–Trinajstić information content (AvgIpc) is 2.83. The molecule has 2 rings (SSSR count). The largest absolute Gasteiger partial charge is 0.360 e. The first kappa shape index (κ1) is 15.0. The summed E-state index contributed by atoms with van der Waals surface area (Å²) in [5, 5.41) is 6.13. The van der Waals surface area contributed by atoms with Crippen LogP contribution in [0.1, 0.15) is 19.1 Å². The molecule has 2 heterocycles. The fourth-order valence-electron chi connectivity index (χ4n) is 2.13. The predicted molar refractivity (Wildman–Crippen MR) is 73.3 cm³/mol. The highest BCUT2D eigenvalue weighted by atomic mass is 16.5. The molecule has 114 valence electrons. The van der Waals surface area contributed by atoms with Crippen molar-refractivity contribution in [2.24, 2.45) is 0 Å². The van der Waals surface area contributed by atoms with Crippen LogP contribution in [0.5, 0.6) is 0 Å². The van der Waals surface area contributed by atoms with E-state index in [-0.39, 0.29) is 18.2 Å². The predicted octanol–water partition coefficient (Wildman–Crippen LogP) is 0.00232. The van der Waals surface area contributed by atoms with E-state index in [9.17, 15) is 14.4 Å². The molecule has 1 N–H and O–H groups in total. The number of nitrogens with one attached hydrogen (secondary N) is 1. The molecule has 0 atom stereocenters. The van der Waals surface area contributed by atoms with Crippen LogP contribution in [0.25, 0.3) is 0 Å². The van der Waals surface area contributed by atoms with Gasteiger partial charge in [0.1, 0.15) is 12.2 Å². The summed E-state index contributed by atoms with van der Waals surface area (Å²) in [6.07, 6.45) is -0.244. The lowest BCUT2D eigenvalue weighted by atomic mass is 10.2. The minimum atomic E-state index is -0.428. The van der Waals surface area contributed by atoms with Crippen molar-refractivity contribution >= 4 is 23.5 Å². The second-order valence-corrected chi connectivity index (χ2v) is 4.93. The van der Waals surface area contributed by atoms with Crippen LogP contribution in [0.3, 0.4) is 0 Å². The van der Waals surface area contributed by atoms with Gasteiger partial charge in [-0.05, 0) is 6.92 Å². The van der Waals surface area contributed by atoms with Gasteiger partial charge >= 0.3 is 0 Å². The molecule has 0 aliphatic carbocycles. The Morgan fingerprint density at radius 1 is 1.24 bits per heavy atom. The summed E-state index contributed by atoms with van der Waals surface area (Å²) >= 11 is 0. The second kappa shape index (κ2) is 6.38. The molecule has 0 saturated carbocycles. The molecule has 8 nitrogen and oxygen atoms in total. The highest BCUT2D eigenvalue weighted by molar-refractivity contribution is 6.03. The molecule has 0 spiro atoms. The molecule has 3 amide bonds. The third-order valence-electron chi connectivity index (χ3n) is 3.28. The van der Waals surface area contributed by atoms with Gasteiger partial charge in [0.05, 0.1) is 0 Å². The van der Waals surface area contributed by atoms with Crippen LogP contribution in [0.15, 0.2) is 10.6 Å². The van der Waals surface area contributed by atoms with Crippen molar-refractivity contribution in [3.05, 3.63) is 11.8 Å². The van der Waals surface area contributed by atoms with Crippen LogP contribution in [0.4, 0.5) is 5.82 Å². The molecule has 8 heteroatoms. The van der Waals surface area contributed by atoms with Gasteiger partial charge in [-0.2, -0.15) is 0 Å². The molecule has 1 aromatic rings. The Bertz CT molecular complexity index is 546. The molecule has 1 aliphatic rings. The van der Waals surface area contributed by atoms with Gasteiger partial charge in [-0.3, -0.25) is 14.4 Å². The molecule has 1 aliphatic heterocycles. The number of rotatable bonds is 3. The number of amides is 3. The minimum absolute atomic E-state index is 0.00115. The van der Waals surface area contributed by atoms with Crippen LogP contribution in [-0.4, -0.2) is 58.9 Å². The van der Waals surface area contributed by atoms with Crippen LogP contribution >= 0.6 is 0 Å². The highest BCUT2D eigenvalue weighted by Gasteiger charge is 2.23. The number of nitrogens with zero attached hydrogens (tertiary/aromatic N) is 3. The number of piperazine rings is 1. The van der Waals surface area contributed by atoms with Crippen LogP contribution in [-0.2, 0) is 14.4 Å². The van der Waals surface area contributed by atoms with E-state index < -0.39 is 5.91 Å². The number of hydrogen-bond donors (Lipinski definition) is 1. The Hall–Kier alpha value is -2.38. The van der Waals surface area contributed by atoms with E-state index in [0.29, 0.717) is 37.8 Å². The lowest BCUT2D eigenvalue weighted by Gasteiger charge is -2.34. The van der Waals surface area contributed by atoms with Crippen LogP contribution in [0.2, 0.25) is 0 Å². The summed E-state index contributed by atoms with van der Waals surface area (Å²) in [5.74, 6) is 0.197. The molecular weight excluding hydrogens is 276 g/mol. The molecule has 1 aromatic heterocycles. The van der Waals surface area contributed by atoms with Crippen molar-refractivity contribution in [1.29, 1.82) is 0 Å². The quantitative estimate of drug-likeness (QED) is 0.792. The summed E-state index contributed by atoms with van der Waals surface area (Å²) in [6.45, 7) is 5.13. The zero-order valence-electron chi connectivity index (χ0n) is 12.1. The van der Waals surface area contributed by atoms with Crippen molar-refractivity contribution in [1.82, 2.24) is 15.0 Å². The third kappa shape index (κ3) is 4.04. The Morgan fingerprint density at radius 2 is 1.86 bits per heavy atom. The van der Waals surface area contributed by atoms with E-state index in [0.717, 1.165) is 0 Å². The van der Waals surface area contributed by atoms with E-state index in [4.69, 9.17) is 4.52 Å². The molecule has 0 unspecified atom stereocenters. The van der Waals surface area contributed by atoms with Gasteiger partial charge in [0.15, 0.2) is 5.82 Å². The van der Waals surface area contributed by atoms with Gasteiger partial charge in [0, 0.05) is 39.2 Å². The van der Waals surface area contributed by atoms with Crippen molar-refractivity contribution < 1.29 is 18.9 Å². The Kier molecular flexibility index (Phi) is 4.56. The van der Waals surface area contributed by atoms with E-state index >= 15 is 0 Å². The molecular formula is C13H18N4O4. The van der Waals surface area contributed by atoms with Gasteiger partial charge in [-0.1, -0.05) is 5.16 Å². The van der Waals surface area contributed by atoms with E-state index in [1.54, 1.807) is 22.8 Å². The lowest BCUT2D eigenvalue weighted by Crippen LogP contribution is -2.50. The summed E-state index contributed by atoms with van der Waals surface area (Å²) in [7, 11) is 0. The molecule has 1 saturated heterocycles. The smallest absolute Gasteiger partial charge is 0.235 e. The maximum atomic E-state index is 12.0. The SMILES string of the molecule is CC(=O)N1CCN(C(=O)CC(=O)Nc2cc(C)on2)CC1. The lowest BCUT2D eigenvalue weighted by molar-refractivity contribution is -0.140. The van der Waals surface area contributed by atoms with Gasteiger partial charge < -0.3 is 19.6 Å². The number of carbonyl (C=O) groups is 3.